The molecule has 1 aliphatic rings. The lowest BCUT2D eigenvalue weighted by Crippen LogP contribution is -2.39. The first-order chi connectivity index (χ1) is 14.4. The van der Waals surface area contributed by atoms with Gasteiger partial charge < -0.3 is 9.84 Å². The third kappa shape index (κ3) is 3.53. The van der Waals surface area contributed by atoms with Crippen LogP contribution in [-0.4, -0.2) is 22.8 Å². The first kappa shape index (κ1) is 20.3. The Morgan fingerprint density at radius 1 is 1.23 bits per heavy atom. The minimum Gasteiger partial charge on any atom is -0.508 e. The number of ether oxygens (including phenoxy) is 1. The lowest BCUT2D eigenvalue weighted by Gasteiger charge is -2.24. The first-order valence-electron chi connectivity index (χ1n) is 9.05. The third-order valence-electron chi connectivity index (χ3n) is 4.83. The van der Waals surface area contributed by atoms with Crippen molar-refractivity contribution >= 4 is 39.3 Å². The van der Waals surface area contributed by atoms with E-state index in [1.54, 1.807) is 25.1 Å². The van der Waals surface area contributed by atoms with Gasteiger partial charge in [0.05, 0.1) is 29.0 Å². The molecular weight excluding hydrogens is 468 g/mol. The fourth-order valence-electron chi connectivity index (χ4n) is 3.40. The summed E-state index contributed by atoms with van der Waals surface area (Å²) in [5.41, 5.74) is 2.09. The van der Waals surface area contributed by atoms with E-state index in [1.165, 1.54) is 35.1 Å². The molecule has 30 heavy (non-hydrogen) atoms. The smallest absolute Gasteiger partial charge is 0.338 e. The predicted molar refractivity (Wildman–Crippen MR) is 118 cm³/mol. The Labute approximate surface area is 184 Å². The largest absolute Gasteiger partial charge is 0.508 e. The van der Waals surface area contributed by atoms with Crippen molar-refractivity contribution in [1.82, 2.24) is 4.57 Å². The predicted octanol–water partition coefficient (Wildman–Crippen LogP) is 2.88. The highest BCUT2D eigenvalue weighted by molar-refractivity contribution is 9.10. The maximum Gasteiger partial charge on any atom is 0.338 e. The van der Waals surface area contributed by atoms with Gasteiger partial charge in [-0.1, -0.05) is 57.6 Å². The van der Waals surface area contributed by atoms with Crippen molar-refractivity contribution in [2.75, 3.05) is 7.11 Å². The molecule has 1 atom stereocenters. The number of methoxy groups -OCH3 is 1. The number of phenolic OH excluding ortho intramolecular Hbond substituents is 1. The van der Waals surface area contributed by atoms with E-state index < -0.39 is 12.0 Å². The number of halogens is 1. The second kappa shape index (κ2) is 8.04. The lowest BCUT2D eigenvalue weighted by molar-refractivity contribution is -0.136. The van der Waals surface area contributed by atoms with Crippen LogP contribution in [0.3, 0.4) is 0 Å². The second-order valence-corrected chi connectivity index (χ2v) is 8.55. The summed E-state index contributed by atoms with van der Waals surface area (Å²) >= 11 is 4.76. The van der Waals surface area contributed by atoms with Crippen molar-refractivity contribution in [3.05, 3.63) is 95.1 Å². The number of aromatic hydroxyl groups is 1. The van der Waals surface area contributed by atoms with Gasteiger partial charge in [-0.15, -0.1) is 0 Å². The number of hydrogen-bond acceptors (Lipinski definition) is 6. The van der Waals surface area contributed by atoms with E-state index in [9.17, 15) is 14.7 Å². The summed E-state index contributed by atoms with van der Waals surface area (Å²) in [7, 11) is 1.30. The van der Waals surface area contributed by atoms with E-state index in [4.69, 9.17) is 4.74 Å². The van der Waals surface area contributed by atoms with Crippen LogP contribution >= 0.6 is 27.3 Å². The van der Waals surface area contributed by atoms with Gasteiger partial charge in [0.15, 0.2) is 4.80 Å². The van der Waals surface area contributed by atoms with Crippen LogP contribution in [-0.2, 0) is 9.53 Å². The molecule has 0 amide bonds. The Kier molecular flexibility index (Phi) is 5.44. The quantitative estimate of drug-likeness (QED) is 0.579. The van der Waals surface area contributed by atoms with Crippen molar-refractivity contribution < 1.29 is 14.6 Å². The van der Waals surface area contributed by atoms with Crippen molar-refractivity contribution in [1.29, 1.82) is 0 Å². The molecule has 1 N–H and O–H groups in total. The average Bonchev–Trinajstić information content (AvgIpc) is 3.03. The van der Waals surface area contributed by atoms with Crippen LogP contribution in [0.5, 0.6) is 5.75 Å². The Hall–Kier alpha value is -2.97. The molecule has 0 spiro atoms. The number of nitrogens with zero attached hydrogens (tertiary/aromatic N) is 2. The van der Waals surface area contributed by atoms with Gasteiger partial charge in [-0.05, 0) is 42.3 Å². The van der Waals surface area contributed by atoms with Gasteiger partial charge in [-0.3, -0.25) is 9.36 Å². The molecule has 0 saturated heterocycles. The van der Waals surface area contributed by atoms with Crippen LogP contribution in [0.15, 0.2) is 74.1 Å². The highest BCUT2D eigenvalue weighted by Crippen LogP contribution is 2.31. The maximum atomic E-state index is 13.4. The number of carbonyl (C=O) groups is 1. The zero-order chi connectivity index (χ0) is 21.4. The van der Waals surface area contributed by atoms with Crippen molar-refractivity contribution in [3.8, 4) is 5.75 Å². The molecule has 6 nitrogen and oxygen atoms in total. The van der Waals surface area contributed by atoms with Crippen LogP contribution in [0.2, 0.25) is 0 Å². The van der Waals surface area contributed by atoms with Gasteiger partial charge in [-0.25, -0.2) is 9.79 Å². The van der Waals surface area contributed by atoms with E-state index in [1.807, 2.05) is 24.3 Å². The number of carbonyl (C=O) groups excluding carboxylic acids is 1. The van der Waals surface area contributed by atoms with Gasteiger partial charge in [0.1, 0.15) is 5.75 Å². The molecule has 152 valence electrons. The van der Waals surface area contributed by atoms with E-state index in [2.05, 4.69) is 20.9 Å². The van der Waals surface area contributed by atoms with E-state index >= 15 is 0 Å². The molecule has 1 aliphatic heterocycles. The fraction of sp³-hybridized carbons (Fsp3) is 0.136. The molecule has 3 aromatic rings. The van der Waals surface area contributed by atoms with Gasteiger partial charge in [-0.2, -0.15) is 0 Å². The molecule has 8 heteroatoms. The molecule has 0 unspecified atom stereocenters. The number of fused-ring (bicyclic) bond motifs is 1. The average molecular weight is 485 g/mol. The molecule has 2 aromatic carbocycles. The number of benzene rings is 2. The van der Waals surface area contributed by atoms with Crippen molar-refractivity contribution in [2.45, 2.75) is 13.0 Å². The summed E-state index contributed by atoms with van der Waals surface area (Å²) < 4.78 is 7.87. The SMILES string of the molecule is COC(=O)C1=C(C)N=c2s/c(=C\c3ccccc3Br)c(=O)n2[C@H]1c1ccc(O)cc1. The molecule has 2 heterocycles. The van der Waals surface area contributed by atoms with Gasteiger partial charge in [0.2, 0.25) is 0 Å². The standard InChI is InChI=1S/C22H17BrN2O4S/c1-12-18(21(28)29-2)19(13-7-9-15(26)10-8-13)25-20(27)17(30-22(25)24-12)11-14-5-3-4-6-16(14)23/h3-11,19,26H,1-2H3/b17-11-/t19-/m0/s1. The minimum absolute atomic E-state index is 0.0976. The molecular formula is C22H17BrN2O4S. The summed E-state index contributed by atoms with van der Waals surface area (Å²) in [6, 6.07) is 13.3. The second-order valence-electron chi connectivity index (χ2n) is 6.69. The van der Waals surface area contributed by atoms with E-state index in [0.717, 1.165) is 10.0 Å². The summed E-state index contributed by atoms with van der Waals surface area (Å²) in [5.74, 6) is -0.449. The van der Waals surface area contributed by atoms with Crippen molar-refractivity contribution in [2.24, 2.45) is 4.99 Å². The molecule has 0 saturated carbocycles. The topological polar surface area (TPSA) is 80.9 Å². The summed E-state index contributed by atoms with van der Waals surface area (Å²) in [6.07, 6.45) is 1.80. The van der Waals surface area contributed by atoms with Crippen LogP contribution in [0, 0.1) is 0 Å². The van der Waals surface area contributed by atoms with E-state index in [-0.39, 0.29) is 11.3 Å². The van der Waals surface area contributed by atoms with Crippen LogP contribution in [0.25, 0.3) is 6.08 Å². The van der Waals surface area contributed by atoms with Crippen LogP contribution in [0.4, 0.5) is 0 Å². The zero-order valence-electron chi connectivity index (χ0n) is 16.1. The van der Waals surface area contributed by atoms with Gasteiger partial charge >= 0.3 is 5.97 Å². The molecule has 1 aromatic heterocycles. The number of phenols is 1. The monoisotopic (exact) mass is 484 g/mol. The highest BCUT2D eigenvalue weighted by atomic mass is 79.9. The summed E-state index contributed by atoms with van der Waals surface area (Å²) in [4.78, 5) is 31.0. The highest BCUT2D eigenvalue weighted by Gasteiger charge is 2.33. The Balaban J connectivity index is 1.99. The molecule has 0 bridgehead atoms. The number of allylic oxidation sites excluding steroid dienone is 1. The zero-order valence-corrected chi connectivity index (χ0v) is 18.5. The number of aromatic nitrogens is 1. The third-order valence-corrected chi connectivity index (χ3v) is 6.53. The summed E-state index contributed by atoms with van der Waals surface area (Å²) in [6.45, 7) is 1.73. The van der Waals surface area contributed by atoms with E-state index in [0.29, 0.717) is 26.2 Å². The van der Waals surface area contributed by atoms with Gasteiger partial charge in [0, 0.05) is 4.47 Å². The number of hydrogen-bond donors (Lipinski definition) is 1. The first-order valence-corrected chi connectivity index (χ1v) is 10.7. The Bertz CT molecular complexity index is 1350. The van der Waals surface area contributed by atoms with Crippen LogP contribution < -0.4 is 14.9 Å². The maximum absolute atomic E-state index is 13.4. The van der Waals surface area contributed by atoms with Gasteiger partial charge in [0.25, 0.3) is 5.56 Å². The minimum atomic E-state index is -0.698. The lowest BCUT2D eigenvalue weighted by atomic mass is 9.96. The molecule has 4 rings (SSSR count). The Morgan fingerprint density at radius 3 is 2.60 bits per heavy atom. The summed E-state index contributed by atoms with van der Waals surface area (Å²) in [5, 5.41) is 9.67. The number of thiazole rings is 1. The molecule has 0 radical (unpaired) electrons. The van der Waals surface area contributed by atoms with Crippen LogP contribution in [0.1, 0.15) is 24.1 Å². The normalized spacial score (nSPS) is 16.2. The fourth-order valence-corrected chi connectivity index (χ4v) is 4.83. The molecule has 0 aliphatic carbocycles. The Morgan fingerprint density at radius 2 is 1.93 bits per heavy atom. The molecule has 0 fully saturated rings. The number of rotatable bonds is 3. The van der Waals surface area contributed by atoms with Crippen molar-refractivity contribution in [3.63, 3.8) is 0 Å². The number of esters is 1.